The van der Waals surface area contributed by atoms with E-state index in [0.29, 0.717) is 19.4 Å². The molecule has 1 aliphatic rings. The molecule has 0 spiro atoms. The second-order valence-electron chi connectivity index (χ2n) is 13.6. The Balaban J connectivity index is 2.60. The van der Waals surface area contributed by atoms with Gasteiger partial charge < -0.3 is 75.5 Å². The molecule has 0 fully saturated rings. The Morgan fingerprint density at radius 2 is 1.03 bits per heavy atom. The van der Waals surface area contributed by atoms with Gasteiger partial charge in [0.25, 0.3) is 0 Å². The van der Waals surface area contributed by atoms with Crippen molar-refractivity contribution in [1.29, 1.82) is 0 Å². The topological polar surface area (TPSA) is 419 Å². The van der Waals surface area contributed by atoms with Gasteiger partial charge in [-0.2, -0.15) is 12.6 Å². The smallest absolute Gasteiger partial charge is 0.327 e. The van der Waals surface area contributed by atoms with Crippen LogP contribution in [0.3, 0.4) is 0 Å². The number of unbranched alkanes of at least 4 members (excludes halogenated alkanes) is 1. The Hall–Kier alpha value is -6.77. The number of carbonyl (C=O) groups excluding carboxylic acids is 10. The van der Waals surface area contributed by atoms with E-state index in [1.54, 1.807) is 24.3 Å². The highest BCUT2D eigenvalue weighted by molar-refractivity contribution is 7.80. The van der Waals surface area contributed by atoms with E-state index in [9.17, 15) is 52.7 Å². The number of hydrogen-bond acceptors (Lipinski definition) is 14. The molecule has 10 amide bonds. The molecule has 1 rings (SSSR count). The standard InChI is InChI=1S/C36H58N14O12S/c1-20(47-32(58)21-7-2-3-8-21)31(57)49-23(10-6-12-40-36(38)39)34(60)50-22(9-4-5-11-37)33(59)46-17-29(55)44-15-27(53)42-13-25(51)41-14-26(52)43-16-28(54)45-18-30(56)48-24(19-63)35(61)62/h2-3,7-8,20-24,63H,4-6,9-19,37H2,1H3,(H,41,51)(H,42,53)(H,43,52)(H,44,55)(H,45,54)(H,46,59)(H,47,58)(H,48,56)(H,49,57)(H,50,60)(H,61,62)(H4,38,39,40)/t20-,22+,23-,24-/m0/s1. The lowest BCUT2D eigenvalue weighted by atomic mass is 10.1. The van der Waals surface area contributed by atoms with Crippen LogP contribution in [0.4, 0.5) is 0 Å². The number of hydrogen-bond donors (Lipinski definition) is 15. The maximum Gasteiger partial charge on any atom is 0.327 e. The maximum atomic E-state index is 13.5. The molecule has 0 bridgehead atoms. The zero-order chi connectivity index (χ0) is 47.3. The molecule has 63 heavy (non-hydrogen) atoms. The van der Waals surface area contributed by atoms with Gasteiger partial charge in [0.1, 0.15) is 24.2 Å². The minimum absolute atomic E-state index is 0.0456. The molecule has 26 nitrogen and oxygen atoms in total. The number of guanidine groups is 1. The third-order valence-electron chi connectivity index (χ3n) is 8.43. The van der Waals surface area contributed by atoms with Gasteiger partial charge in [-0.05, 0) is 45.6 Å². The molecule has 0 heterocycles. The molecule has 0 saturated heterocycles. The highest BCUT2D eigenvalue weighted by Crippen LogP contribution is 2.09. The number of carbonyl (C=O) groups is 11. The average molecular weight is 911 g/mol. The summed E-state index contributed by atoms with van der Waals surface area (Å²) in [4.78, 5) is 139. The van der Waals surface area contributed by atoms with Crippen LogP contribution in [0.2, 0.25) is 0 Å². The summed E-state index contributed by atoms with van der Waals surface area (Å²) >= 11 is 3.80. The van der Waals surface area contributed by atoms with Gasteiger partial charge in [0.2, 0.25) is 59.1 Å². The lowest BCUT2D eigenvalue weighted by molar-refractivity contribution is -0.141. The SMILES string of the molecule is C[C@H](NC(=O)C1C=CC=C1)C(=O)N[C@@H](CCCN=C(N)N)C(=O)N[C@H](CCCCN)C(=O)NCC(=O)NCC(=O)NCC(=O)NCC(=O)NCC(=O)NCC(=O)N[C@@H](CS)C(=O)O. The summed E-state index contributed by atoms with van der Waals surface area (Å²) in [6.07, 6.45) is 7.99. The summed E-state index contributed by atoms with van der Waals surface area (Å²) < 4.78 is 0. The van der Waals surface area contributed by atoms with Crippen molar-refractivity contribution < 1.29 is 57.8 Å². The fourth-order valence-electron chi connectivity index (χ4n) is 5.01. The van der Waals surface area contributed by atoms with Crippen LogP contribution in [0.1, 0.15) is 39.0 Å². The fourth-order valence-corrected chi connectivity index (χ4v) is 5.26. The third kappa shape index (κ3) is 24.3. The number of nitrogens with one attached hydrogen (secondary N) is 10. The van der Waals surface area contributed by atoms with Crippen LogP contribution in [0, 0.1) is 5.92 Å². The van der Waals surface area contributed by atoms with Gasteiger partial charge in [-0.3, -0.25) is 52.9 Å². The molecule has 0 aliphatic heterocycles. The first-order chi connectivity index (χ1) is 29.9. The Morgan fingerprint density at radius 3 is 1.49 bits per heavy atom. The summed E-state index contributed by atoms with van der Waals surface area (Å²) in [5.74, 6) is -9.58. The molecule has 0 aromatic carbocycles. The molecule has 0 saturated carbocycles. The first-order valence-corrected chi connectivity index (χ1v) is 20.3. The number of carboxylic acid groups (broad SMARTS) is 1. The molecular formula is C36H58N14O12S. The van der Waals surface area contributed by atoms with Gasteiger partial charge >= 0.3 is 5.97 Å². The van der Waals surface area contributed by atoms with Crippen molar-refractivity contribution >= 4 is 83.6 Å². The van der Waals surface area contributed by atoms with Crippen LogP contribution >= 0.6 is 12.6 Å². The molecule has 0 aromatic heterocycles. The summed E-state index contributed by atoms with van der Waals surface area (Å²) in [5.41, 5.74) is 16.4. The monoisotopic (exact) mass is 910 g/mol. The van der Waals surface area contributed by atoms with Gasteiger partial charge in [-0.1, -0.05) is 24.3 Å². The molecule has 350 valence electrons. The summed E-state index contributed by atoms with van der Waals surface area (Å²) in [5, 5.41) is 32.2. The van der Waals surface area contributed by atoms with E-state index in [2.05, 4.69) is 70.8 Å². The van der Waals surface area contributed by atoms with Crippen molar-refractivity contribution in [3.05, 3.63) is 24.3 Å². The molecule has 4 atom stereocenters. The summed E-state index contributed by atoms with van der Waals surface area (Å²) in [6.45, 7) is -1.66. The van der Waals surface area contributed by atoms with Crippen molar-refractivity contribution in [2.75, 3.05) is 58.1 Å². The number of amides is 10. The van der Waals surface area contributed by atoms with Gasteiger partial charge in [-0.25, -0.2) is 4.79 Å². The highest BCUT2D eigenvalue weighted by atomic mass is 32.1. The first-order valence-electron chi connectivity index (χ1n) is 19.6. The van der Waals surface area contributed by atoms with E-state index in [-0.39, 0.29) is 37.5 Å². The van der Waals surface area contributed by atoms with Crippen molar-refractivity contribution in [1.82, 2.24) is 53.2 Å². The van der Waals surface area contributed by atoms with Crippen LogP contribution in [0.25, 0.3) is 0 Å². The molecule has 27 heteroatoms. The summed E-state index contributed by atoms with van der Waals surface area (Å²) in [6, 6.07) is -4.65. The third-order valence-corrected chi connectivity index (χ3v) is 8.80. The number of nitrogens with two attached hydrogens (primary N) is 3. The van der Waals surface area contributed by atoms with Crippen molar-refractivity contribution in [3.63, 3.8) is 0 Å². The largest absolute Gasteiger partial charge is 0.480 e. The van der Waals surface area contributed by atoms with Crippen LogP contribution in [-0.2, 0) is 52.7 Å². The van der Waals surface area contributed by atoms with E-state index in [1.165, 1.54) is 6.92 Å². The first kappa shape index (κ1) is 54.2. The Bertz CT molecular complexity index is 1730. The molecular weight excluding hydrogens is 853 g/mol. The molecule has 0 unspecified atom stereocenters. The highest BCUT2D eigenvalue weighted by Gasteiger charge is 2.29. The van der Waals surface area contributed by atoms with Gasteiger partial charge in [0, 0.05) is 12.3 Å². The second-order valence-corrected chi connectivity index (χ2v) is 14.0. The number of thiol groups is 1. The summed E-state index contributed by atoms with van der Waals surface area (Å²) in [7, 11) is 0. The predicted octanol–water partition coefficient (Wildman–Crippen LogP) is -7.42. The lowest BCUT2D eigenvalue weighted by Crippen LogP contribution is -2.57. The van der Waals surface area contributed by atoms with Crippen molar-refractivity contribution in [2.24, 2.45) is 28.1 Å². The fraction of sp³-hybridized carbons (Fsp3) is 0.556. The van der Waals surface area contributed by atoms with Crippen LogP contribution < -0.4 is 70.4 Å². The van der Waals surface area contributed by atoms with E-state index < -0.39 is 134 Å². The molecule has 0 aromatic rings. The second kappa shape index (κ2) is 30.3. The number of aliphatic carboxylic acids is 1. The Labute approximate surface area is 367 Å². The maximum absolute atomic E-state index is 13.5. The molecule has 0 radical (unpaired) electrons. The lowest BCUT2D eigenvalue weighted by Gasteiger charge is -2.24. The minimum atomic E-state index is -1.31. The normalized spacial score (nSPS) is 13.4. The number of rotatable bonds is 30. The van der Waals surface area contributed by atoms with Crippen LogP contribution in [0.15, 0.2) is 29.3 Å². The number of nitrogens with zero attached hydrogens (tertiary/aromatic N) is 1. The number of carboxylic acids is 1. The molecule has 17 N–H and O–H groups in total. The average Bonchev–Trinajstić information content (AvgIpc) is 3.79. The van der Waals surface area contributed by atoms with Crippen LogP contribution in [-0.4, -0.2) is 158 Å². The van der Waals surface area contributed by atoms with E-state index >= 15 is 0 Å². The minimum Gasteiger partial charge on any atom is -0.480 e. The van der Waals surface area contributed by atoms with E-state index in [1.807, 2.05) is 0 Å². The van der Waals surface area contributed by atoms with Crippen molar-refractivity contribution in [3.8, 4) is 0 Å². The Kier molecular flexibility index (Phi) is 26.1. The van der Waals surface area contributed by atoms with Gasteiger partial charge in [0.05, 0.1) is 45.2 Å². The number of allylic oxidation sites excluding steroid dienone is 2. The quantitative estimate of drug-likeness (QED) is 0.0138. The van der Waals surface area contributed by atoms with Gasteiger partial charge in [-0.15, -0.1) is 0 Å². The Morgan fingerprint density at radius 1 is 0.587 bits per heavy atom. The van der Waals surface area contributed by atoms with E-state index in [4.69, 9.17) is 22.3 Å². The van der Waals surface area contributed by atoms with E-state index in [0.717, 1.165) is 0 Å². The predicted molar refractivity (Wildman–Crippen MR) is 228 cm³/mol. The number of aliphatic imine (C=N–C) groups is 1. The zero-order valence-electron chi connectivity index (χ0n) is 34.7. The van der Waals surface area contributed by atoms with Crippen LogP contribution in [0.5, 0.6) is 0 Å². The molecule has 1 aliphatic carbocycles. The zero-order valence-corrected chi connectivity index (χ0v) is 35.6. The van der Waals surface area contributed by atoms with Crippen molar-refractivity contribution in [2.45, 2.75) is 63.2 Å². The van der Waals surface area contributed by atoms with Gasteiger partial charge in [0.15, 0.2) is 5.96 Å².